The van der Waals surface area contributed by atoms with Crippen LogP contribution in [0, 0.1) is 5.41 Å². The predicted octanol–water partition coefficient (Wildman–Crippen LogP) is 3.00. The van der Waals surface area contributed by atoms with Gasteiger partial charge >= 0.3 is 5.97 Å². The minimum absolute atomic E-state index is 0.148. The van der Waals surface area contributed by atoms with Crippen LogP contribution in [0.5, 0.6) is 5.75 Å². The van der Waals surface area contributed by atoms with E-state index in [4.69, 9.17) is 4.74 Å². The number of carbonyl (C=O) groups is 1. The van der Waals surface area contributed by atoms with Gasteiger partial charge in [0.2, 0.25) is 0 Å². The smallest absolute Gasteiger partial charge is 0.311 e. The minimum Gasteiger partial charge on any atom is -0.508 e. The van der Waals surface area contributed by atoms with Gasteiger partial charge in [0.05, 0.1) is 16.6 Å². The zero-order valence-corrected chi connectivity index (χ0v) is 12.7. The summed E-state index contributed by atoms with van der Waals surface area (Å²) in [6, 6.07) is 6.58. The average molecular weight is 293 g/mol. The molecule has 1 aromatic carbocycles. The zero-order chi connectivity index (χ0) is 15.2. The zero-order valence-electron chi connectivity index (χ0n) is 11.9. The third-order valence-electron chi connectivity index (χ3n) is 2.64. The normalized spacial score (nSPS) is 12.3. The van der Waals surface area contributed by atoms with Crippen LogP contribution in [0.1, 0.15) is 26.3 Å². The van der Waals surface area contributed by atoms with Crippen molar-refractivity contribution in [1.29, 1.82) is 0 Å². The van der Waals surface area contributed by atoms with Gasteiger partial charge in [-0.3, -0.25) is 4.79 Å². The van der Waals surface area contributed by atoms with Gasteiger partial charge in [-0.1, -0.05) is 12.1 Å². The van der Waals surface area contributed by atoms with Crippen molar-refractivity contribution in [2.24, 2.45) is 10.4 Å². The molecule has 0 aliphatic rings. The highest BCUT2D eigenvalue weighted by atomic mass is 32.1. The first kappa shape index (κ1) is 16.3. The summed E-state index contributed by atoms with van der Waals surface area (Å²) in [4.78, 5) is 15.7. The minimum atomic E-state index is -0.545. The fraction of sp³-hybridized carbons (Fsp3) is 0.467. The van der Waals surface area contributed by atoms with Crippen molar-refractivity contribution in [2.75, 3.05) is 6.61 Å². The first-order chi connectivity index (χ1) is 9.32. The molecule has 1 N–H and O–H groups in total. The molecular formula is C15H19NO3S. The fourth-order valence-corrected chi connectivity index (χ4v) is 1.71. The molecule has 0 saturated heterocycles. The number of aliphatic imine (C=N–C) groups is 1. The summed E-state index contributed by atoms with van der Waals surface area (Å²) in [7, 11) is 0. The highest BCUT2D eigenvalue weighted by Crippen LogP contribution is 2.17. The number of benzene rings is 1. The lowest BCUT2D eigenvalue weighted by Gasteiger charge is -2.18. The number of nitrogens with zero attached hydrogens (tertiary/aromatic N) is 1. The van der Waals surface area contributed by atoms with Crippen LogP contribution < -0.4 is 0 Å². The van der Waals surface area contributed by atoms with E-state index in [-0.39, 0.29) is 24.4 Å². The molecule has 5 heteroatoms. The third kappa shape index (κ3) is 5.51. The van der Waals surface area contributed by atoms with Crippen molar-refractivity contribution >= 4 is 23.3 Å². The maximum atomic E-state index is 11.7. The van der Waals surface area contributed by atoms with Crippen LogP contribution >= 0.6 is 12.2 Å². The molecule has 0 aliphatic carbocycles. The number of hydrogen-bond acceptors (Lipinski definition) is 5. The second kappa shape index (κ2) is 7.17. The number of phenolic OH excluding ortho intramolecular Hbond substituents is 1. The number of esters is 1. The molecule has 0 aromatic heterocycles. The number of phenols is 1. The SMILES string of the molecule is CC(C)(C)C(=O)OCC(Cc1cccc(O)c1)N=C=S. The van der Waals surface area contributed by atoms with Gasteiger partial charge in [0.25, 0.3) is 0 Å². The summed E-state index contributed by atoms with van der Waals surface area (Å²) in [5, 5.41) is 11.7. The Labute approximate surface area is 124 Å². The lowest BCUT2D eigenvalue weighted by atomic mass is 9.97. The molecule has 1 rings (SSSR count). The Hall–Kier alpha value is -1.71. The lowest BCUT2D eigenvalue weighted by Crippen LogP contribution is -2.27. The summed E-state index contributed by atoms with van der Waals surface area (Å²) < 4.78 is 5.24. The Morgan fingerprint density at radius 3 is 2.75 bits per heavy atom. The van der Waals surface area contributed by atoms with Gasteiger partial charge < -0.3 is 9.84 Å². The van der Waals surface area contributed by atoms with E-state index in [1.807, 2.05) is 6.07 Å². The third-order valence-corrected chi connectivity index (χ3v) is 2.74. The maximum Gasteiger partial charge on any atom is 0.311 e. The molecule has 1 unspecified atom stereocenters. The van der Waals surface area contributed by atoms with E-state index in [2.05, 4.69) is 22.4 Å². The van der Waals surface area contributed by atoms with Crippen LogP contribution in [0.4, 0.5) is 0 Å². The van der Waals surface area contributed by atoms with Gasteiger partial charge in [-0.25, -0.2) is 4.99 Å². The molecule has 0 aliphatic heterocycles. The van der Waals surface area contributed by atoms with Crippen molar-refractivity contribution in [1.82, 2.24) is 0 Å². The highest BCUT2D eigenvalue weighted by molar-refractivity contribution is 7.78. The van der Waals surface area contributed by atoms with Crippen molar-refractivity contribution in [3.63, 3.8) is 0 Å². The number of carbonyl (C=O) groups excluding carboxylic acids is 1. The molecule has 0 amide bonds. The number of thiocarbonyl (C=S) groups is 1. The van der Waals surface area contributed by atoms with E-state index in [0.717, 1.165) is 5.56 Å². The van der Waals surface area contributed by atoms with Crippen LogP contribution in [-0.4, -0.2) is 28.9 Å². The molecule has 0 radical (unpaired) electrons. The second-order valence-electron chi connectivity index (χ2n) is 5.60. The molecule has 0 spiro atoms. The predicted molar refractivity (Wildman–Crippen MR) is 81.0 cm³/mol. The monoisotopic (exact) mass is 293 g/mol. The van der Waals surface area contributed by atoms with Gasteiger partial charge in [0.15, 0.2) is 0 Å². The van der Waals surface area contributed by atoms with E-state index < -0.39 is 5.41 Å². The first-order valence-corrected chi connectivity index (χ1v) is 6.76. The highest BCUT2D eigenvalue weighted by Gasteiger charge is 2.24. The number of isothiocyanates is 1. The van der Waals surface area contributed by atoms with Gasteiger partial charge in [-0.15, -0.1) is 0 Å². The van der Waals surface area contributed by atoms with Crippen LogP contribution in [0.2, 0.25) is 0 Å². The quantitative estimate of drug-likeness (QED) is 0.515. The van der Waals surface area contributed by atoms with E-state index in [1.54, 1.807) is 39.0 Å². The largest absolute Gasteiger partial charge is 0.508 e. The number of hydrogen-bond donors (Lipinski definition) is 1. The van der Waals surface area contributed by atoms with Crippen molar-refractivity contribution < 1.29 is 14.6 Å². The van der Waals surface area contributed by atoms with Crippen LogP contribution in [0.3, 0.4) is 0 Å². The Morgan fingerprint density at radius 2 is 2.20 bits per heavy atom. The summed E-state index contributed by atoms with van der Waals surface area (Å²) in [5.74, 6) is -0.0859. The van der Waals surface area contributed by atoms with Crippen molar-refractivity contribution in [3.8, 4) is 5.75 Å². The molecule has 1 aromatic rings. The molecule has 108 valence electrons. The summed E-state index contributed by atoms with van der Waals surface area (Å²) in [5.41, 5.74) is 0.354. The van der Waals surface area contributed by atoms with Gasteiger partial charge in [-0.05, 0) is 57.1 Å². The van der Waals surface area contributed by atoms with Crippen LogP contribution in [0.15, 0.2) is 29.3 Å². The summed E-state index contributed by atoms with van der Waals surface area (Å²) in [6.07, 6.45) is 0.523. The van der Waals surface area contributed by atoms with Gasteiger partial charge in [-0.2, -0.15) is 0 Å². The standard InChI is InChI=1S/C15H19NO3S/c1-15(2,3)14(18)19-9-12(16-10-20)7-11-5-4-6-13(17)8-11/h4-6,8,12,17H,7,9H2,1-3H3. The molecule has 4 nitrogen and oxygen atoms in total. The summed E-state index contributed by atoms with van der Waals surface area (Å²) in [6.45, 7) is 5.53. The average Bonchev–Trinajstić information content (AvgIpc) is 2.34. The van der Waals surface area contributed by atoms with Crippen LogP contribution in [0.25, 0.3) is 0 Å². The number of aromatic hydroxyl groups is 1. The molecule has 0 heterocycles. The molecule has 0 fully saturated rings. The Bertz CT molecular complexity index is 516. The van der Waals surface area contributed by atoms with E-state index in [1.165, 1.54) is 0 Å². The summed E-state index contributed by atoms with van der Waals surface area (Å²) >= 11 is 4.62. The van der Waals surface area contributed by atoms with Gasteiger partial charge in [0, 0.05) is 0 Å². The molecular weight excluding hydrogens is 274 g/mol. The van der Waals surface area contributed by atoms with Crippen LogP contribution in [-0.2, 0) is 16.0 Å². The van der Waals surface area contributed by atoms with Crippen molar-refractivity contribution in [3.05, 3.63) is 29.8 Å². The number of ether oxygens (including phenoxy) is 1. The van der Waals surface area contributed by atoms with E-state index in [9.17, 15) is 9.90 Å². The molecule has 1 atom stereocenters. The van der Waals surface area contributed by atoms with E-state index >= 15 is 0 Å². The maximum absolute atomic E-state index is 11.7. The molecule has 0 saturated carbocycles. The molecule has 20 heavy (non-hydrogen) atoms. The van der Waals surface area contributed by atoms with E-state index in [0.29, 0.717) is 6.42 Å². The van der Waals surface area contributed by atoms with Crippen molar-refractivity contribution in [2.45, 2.75) is 33.2 Å². The first-order valence-electron chi connectivity index (χ1n) is 6.35. The molecule has 0 bridgehead atoms. The Morgan fingerprint density at radius 1 is 1.50 bits per heavy atom. The van der Waals surface area contributed by atoms with Gasteiger partial charge in [0.1, 0.15) is 12.4 Å². The number of rotatable bonds is 5. The Balaban J connectivity index is 2.66. The Kier molecular flexibility index (Phi) is 5.86. The second-order valence-corrected chi connectivity index (χ2v) is 5.78. The lowest BCUT2D eigenvalue weighted by molar-refractivity contribution is -0.153. The topological polar surface area (TPSA) is 58.9 Å². The fourth-order valence-electron chi connectivity index (χ4n) is 1.56.